The number of carbonyl (C=O) groups is 1. The van der Waals surface area contributed by atoms with Crippen LogP contribution in [0.2, 0.25) is 0 Å². The standard InChI is InChI=1S/C9H13NO2S4/c11-8(10-1-3-12-4-2-10)14-5-7-6-15-9(13)16-7/h7H,1-6H2. The Hall–Kier alpha value is 0.570. The number of amides is 1. The fourth-order valence-electron chi connectivity index (χ4n) is 1.45. The van der Waals surface area contributed by atoms with Gasteiger partial charge in [-0.25, -0.2) is 0 Å². The predicted octanol–water partition coefficient (Wildman–Crippen LogP) is 2.31. The molecule has 0 saturated carbocycles. The fraction of sp³-hybridized carbons (Fsp3) is 0.778. The topological polar surface area (TPSA) is 29.5 Å². The van der Waals surface area contributed by atoms with Crippen LogP contribution in [-0.4, -0.2) is 56.7 Å². The lowest BCUT2D eigenvalue weighted by Crippen LogP contribution is -2.39. The lowest BCUT2D eigenvalue weighted by molar-refractivity contribution is 0.0593. The molecule has 1 unspecified atom stereocenters. The molecule has 90 valence electrons. The molecule has 7 heteroatoms. The van der Waals surface area contributed by atoms with Crippen LogP contribution in [0, 0.1) is 0 Å². The molecule has 2 saturated heterocycles. The molecule has 0 aliphatic carbocycles. The molecular weight excluding hydrogens is 282 g/mol. The van der Waals surface area contributed by atoms with Crippen molar-refractivity contribution < 1.29 is 9.53 Å². The van der Waals surface area contributed by atoms with Crippen molar-refractivity contribution >= 4 is 56.3 Å². The maximum atomic E-state index is 11.8. The largest absolute Gasteiger partial charge is 0.378 e. The molecular formula is C9H13NO2S4. The molecule has 0 aromatic rings. The Morgan fingerprint density at radius 1 is 1.56 bits per heavy atom. The van der Waals surface area contributed by atoms with Gasteiger partial charge in [0.25, 0.3) is 5.24 Å². The number of nitrogens with zero attached hydrogens (tertiary/aromatic N) is 1. The molecule has 0 bridgehead atoms. The summed E-state index contributed by atoms with van der Waals surface area (Å²) in [5.74, 6) is 1.92. The Labute approximate surface area is 113 Å². The van der Waals surface area contributed by atoms with E-state index in [0.717, 1.165) is 28.1 Å². The molecule has 2 aliphatic rings. The number of thiocarbonyl (C=S) groups is 1. The van der Waals surface area contributed by atoms with Crippen LogP contribution in [0.1, 0.15) is 0 Å². The Bertz CT molecular complexity index is 281. The lowest BCUT2D eigenvalue weighted by Gasteiger charge is -2.26. The molecule has 0 aromatic carbocycles. The Kier molecular flexibility index (Phi) is 5.28. The van der Waals surface area contributed by atoms with Crippen LogP contribution in [0.4, 0.5) is 4.79 Å². The molecule has 2 fully saturated rings. The molecule has 2 aliphatic heterocycles. The highest BCUT2D eigenvalue weighted by molar-refractivity contribution is 8.49. The van der Waals surface area contributed by atoms with Gasteiger partial charge in [-0.2, -0.15) is 0 Å². The van der Waals surface area contributed by atoms with Crippen molar-refractivity contribution in [2.75, 3.05) is 37.8 Å². The summed E-state index contributed by atoms with van der Waals surface area (Å²) in [6, 6.07) is 0. The molecule has 1 atom stereocenters. The number of rotatable bonds is 2. The minimum atomic E-state index is 0.187. The molecule has 2 rings (SSSR count). The van der Waals surface area contributed by atoms with E-state index in [9.17, 15) is 4.79 Å². The van der Waals surface area contributed by atoms with Crippen LogP contribution in [-0.2, 0) is 4.74 Å². The van der Waals surface area contributed by atoms with E-state index in [1.807, 2.05) is 4.90 Å². The van der Waals surface area contributed by atoms with E-state index in [1.54, 1.807) is 23.5 Å². The zero-order valence-electron chi connectivity index (χ0n) is 8.72. The van der Waals surface area contributed by atoms with Crippen LogP contribution in [0.25, 0.3) is 0 Å². The summed E-state index contributed by atoms with van der Waals surface area (Å²) in [7, 11) is 0. The number of ether oxygens (including phenoxy) is 1. The van der Waals surface area contributed by atoms with Gasteiger partial charge in [0.05, 0.1) is 13.2 Å². The van der Waals surface area contributed by atoms with Crippen molar-refractivity contribution in [2.45, 2.75) is 5.25 Å². The highest BCUT2D eigenvalue weighted by Crippen LogP contribution is 2.35. The first-order valence-electron chi connectivity index (χ1n) is 5.08. The van der Waals surface area contributed by atoms with Gasteiger partial charge in [0.2, 0.25) is 0 Å². The average Bonchev–Trinajstić information content (AvgIpc) is 2.73. The Balaban J connectivity index is 1.68. The summed E-state index contributed by atoms with van der Waals surface area (Å²) in [5.41, 5.74) is 0. The monoisotopic (exact) mass is 295 g/mol. The summed E-state index contributed by atoms with van der Waals surface area (Å²) >= 11 is 9.99. The minimum Gasteiger partial charge on any atom is -0.378 e. The van der Waals surface area contributed by atoms with E-state index in [0.29, 0.717) is 18.5 Å². The molecule has 0 aromatic heterocycles. The second kappa shape index (κ2) is 6.49. The van der Waals surface area contributed by atoms with Gasteiger partial charge in [0.15, 0.2) is 0 Å². The van der Waals surface area contributed by atoms with Gasteiger partial charge in [-0.15, -0.1) is 23.5 Å². The van der Waals surface area contributed by atoms with Crippen LogP contribution in [0.3, 0.4) is 0 Å². The molecule has 16 heavy (non-hydrogen) atoms. The van der Waals surface area contributed by atoms with E-state index in [4.69, 9.17) is 17.0 Å². The molecule has 3 nitrogen and oxygen atoms in total. The highest BCUT2D eigenvalue weighted by atomic mass is 32.2. The van der Waals surface area contributed by atoms with Crippen molar-refractivity contribution in [3.63, 3.8) is 0 Å². The van der Waals surface area contributed by atoms with Gasteiger partial charge >= 0.3 is 0 Å². The number of morpholine rings is 1. The van der Waals surface area contributed by atoms with E-state index in [2.05, 4.69) is 0 Å². The Morgan fingerprint density at radius 2 is 2.31 bits per heavy atom. The minimum absolute atomic E-state index is 0.187. The second-order valence-corrected chi connectivity index (χ2v) is 7.97. The third-order valence-corrected chi connectivity index (χ3v) is 6.76. The number of carbonyl (C=O) groups excluding carboxylic acids is 1. The number of hydrogen-bond acceptors (Lipinski definition) is 6. The third kappa shape index (κ3) is 3.80. The van der Waals surface area contributed by atoms with Gasteiger partial charge in [0.1, 0.15) is 3.53 Å². The fourth-order valence-corrected chi connectivity index (χ4v) is 5.57. The first-order valence-corrected chi connectivity index (χ1v) is 8.34. The molecule has 1 amide bonds. The summed E-state index contributed by atoms with van der Waals surface area (Å²) < 4.78 is 6.23. The van der Waals surface area contributed by atoms with Crippen molar-refractivity contribution in [2.24, 2.45) is 0 Å². The van der Waals surface area contributed by atoms with Crippen molar-refractivity contribution in [3.05, 3.63) is 0 Å². The van der Waals surface area contributed by atoms with Crippen LogP contribution < -0.4 is 0 Å². The van der Waals surface area contributed by atoms with E-state index >= 15 is 0 Å². The van der Waals surface area contributed by atoms with Gasteiger partial charge in [-0.3, -0.25) is 4.79 Å². The quantitative estimate of drug-likeness (QED) is 0.726. The second-order valence-electron chi connectivity index (χ2n) is 3.48. The Morgan fingerprint density at radius 3 is 2.94 bits per heavy atom. The SMILES string of the molecule is O=C(SCC1CSC(=S)S1)N1CCOCC1. The maximum Gasteiger partial charge on any atom is 0.281 e. The van der Waals surface area contributed by atoms with E-state index in [-0.39, 0.29) is 5.24 Å². The summed E-state index contributed by atoms with van der Waals surface area (Å²) in [4.78, 5) is 13.7. The smallest absolute Gasteiger partial charge is 0.281 e. The van der Waals surface area contributed by atoms with Crippen LogP contribution >= 0.6 is 47.5 Å². The van der Waals surface area contributed by atoms with Crippen molar-refractivity contribution in [1.82, 2.24) is 4.90 Å². The van der Waals surface area contributed by atoms with Gasteiger partial charge < -0.3 is 9.64 Å². The lowest BCUT2D eigenvalue weighted by atomic mass is 10.5. The first-order chi connectivity index (χ1) is 7.75. The molecule has 0 radical (unpaired) electrons. The van der Waals surface area contributed by atoms with Crippen LogP contribution in [0.5, 0.6) is 0 Å². The summed E-state index contributed by atoms with van der Waals surface area (Å²) in [5, 5.41) is 0.694. The molecule has 0 N–H and O–H groups in total. The summed E-state index contributed by atoms with van der Waals surface area (Å²) in [6.07, 6.45) is 0. The number of hydrogen-bond donors (Lipinski definition) is 0. The zero-order valence-corrected chi connectivity index (χ0v) is 12.0. The zero-order chi connectivity index (χ0) is 11.4. The van der Waals surface area contributed by atoms with Gasteiger partial charge in [-0.1, -0.05) is 24.0 Å². The predicted molar refractivity (Wildman–Crippen MR) is 76.7 cm³/mol. The first kappa shape index (κ1) is 13.0. The normalized spacial score (nSPS) is 26.1. The van der Waals surface area contributed by atoms with Crippen molar-refractivity contribution in [1.29, 1.82) is 0 Å². The van der Waals surface area contributed by atoms with Crippen LogP contribution in [0.15, 0.2) is 0 Å². The van der Waals surface area contributed by atoms with Crippen molar-refractivity contribution in [3.8, 4) is 0 Å². The maximum absolute atomic E-state index is 11.8. The molecule has 0 spiro atoms. The van der Waals surface area contributed by atoms with E-state index in [1.165, 1.54) is 11.8 Å². The number of thioether (sulfide) groups is 3. The third-order valence-electron chi connectivity index (χ3n) is 2.31. The summed E-state index contributed by atoms with van der Waals surface area (Å²) in [6.45, 7) is 2.81. The highest BCUT2D eigenvalue weighted by Gasteiger charge is 2.24. The van der Waals surface area contributed by atoms with Gasteiger partial charge in [-0.05, 0) is 0 Å². The van der Waals surface area contributed by atoms with Gasteiger partial charge in [0, 0.05) is 29.8 Å². The molecule has 2 heterocycles. The van der Waals surface area contributed by atoms with E-state index < -0.39 is 0 Å². The average molecular weight is 295 g/mol.